The van der Waals surface area contributed by atoms with Gasteiger partial charge in [0.25, 0.3) is 0 Å². The van der Waals surface area contributed by atoms with E-state index in [0.717, 1.165) is 38.8 Å². The number of hydrogen-bond donors (Lipinski definition) is 0. The van der Waals surface area contributed by atoms with Crippen molar-refractivity contribution >= 4 is 5.91 Å². The number of amides is 1. The van der Waals surface area contributed by atoms with Crippen molar-refractivity contribution in [3.05, 3.63) is 35.9 Å². The molecule has 2 unspecified atom stereocenters. The van der Waals surface area contributed by atoms with Crippen molar-refractivity contribution in [3.8, 4) is 0 Å². The third kappa shape index (κ3) is 3.65. The molecule has 0 aromatic heterocycles. The third-order valence-corrected chi connectivity index (χ3v) is 4.69. The number of carbonyl (C=O) groups is 1. The van der Waals surface area contributed by atoms with Gasteiger partial charge in [-0.25, -0.2) is 0 Å². The maximum absolute atomic E-state index is 12.4. The van der Waals surface area contributed by atoms with E-state index in [9.17, 15) is 4.79 Å². The molecule has 1 saturated carbocycles. The molecule has 1 amide bonds. The Morgan fingerprint density at radius 3 is 2.67 bits per heavy atom. The van der Waals surface area contributed by atoms with Crippen LogP contribution in [0.3, 0.4) is 0 Å². The van der Waals surface area contributed by atoms with Crippen LogP contribution in [0, 0.1) is 5.92 Å². The van der Waals surface area contributed by atoms with Gasteiger partial charge in [0.2, 0.25) is 5.91 Å². The minimum atomic E-state index is 0.156. The summed E-state index contributed by atoms with van der Waals surface area (Å²) < 4.78 is 6.03. The van der Waals surface area contributed by atoms with Crippen LogP contribution in [-0.2, 0) is 16.0 Å². The fourth-order valence-corrected chi connectivity index (χ4v) is 3.27. The molecule has 1 aromatic carbocycles. The topological polar surface area (TPSA) is 29.5 Å². The number of benzene rings is 1. The number of hydrogen-bond acceptors (Lipinski definition) is 2. The molecule has 0 radical (unpaired) electrons. The first kappa shape index (κ1) is 14.6. The van der Waals surface area contributed by atoms with Crippen LogP contribution in [0.4, 0.5) is 0 Å². The molecule has 3 nitrogen and oxygen atoms in total. The van der Waals surface area contributed by atoms with Crippen LogP contribution in [0.2, 0.25) is 0 Å². The lowest BCUT2D eigenvalue weighted by molar-refractivity contribution is -0.151. The van der Waals surface area contributed by atoms with Crippen LogP contribution in [0.25, 0.3) is 0 Å². The lowest BCUT2D eigenvalue weighted by atomic mass is 9.84. The Bertz CT molecular complexity index is 469. The van der Waals surface area contributed by atoms with Crippen LogP contribution in [-0.4, -0.2) is 36.1 Å². The first-order valence-electron chi connectivity index (χ1n) is 8.20. The predicted octanol–water partition coefficient (Wildman–Crippen LogP) is 3.04. The average molecular weight is 287 g/mol. The number of morpholine rings is 1. The molecule has 2 aliphatic rings. The van der Waals surface area contributed by atoms with E-state index in [4.69, 9.17) is 4.74 Å². The summed E-state index contributed by atoms with van der Waals surface area (Å²) in [6.07, 6.45) is 5.72. The molecule has 1 aliphatic carbocycles. The zero-order chi connectivity index (χ0) is 14.7. The Kier molecular flexibility index (Phi) is 4.59. The van der Waals surface area contributed by atoms with Gasteiger partial charge in [-0.3, -0.25) is 4.79 Å². The predicted molar refractivity (Wildman–Crippen MR) is 83.0 cm³/mol. The second-order valence-electron chi connectivity index (χ2n) is 6.46. The van der Waals surface area contributed by atoms with Gasteiger partial charge in [-0.05, 0) is 38.2 Å². The lowest BCUT2D eigenvalue weighted by Gasteiger charge is -2.40. The molecule has 1 aliphatic heterocycles. The van der Waals surface area contributed by atoms with Gasteiger partial charge in [0, 0.05) is 19.0 Å². The fraction of sp³-hybridized carbons (Fsp3) is 0.611. The number of aryl methyl sites for hydroxylation is 1. The van der Waals surface area contributed by atoms with Crippen molar-refractivity contribution in [1.29, 1.82) is 0 Å². The molecule has 3 heteroatoms. The molecule has 3 rings (SSSR count). The maximum Gasteiger partial charge on any atom is 0.225 e. The van der Waals surface area contributed by atoms with Crippen molar-refractivity contribution in [2.24, 2.45) is 5.92 Å². The summed E-state index contributed by atoms with van der Waals surface area (Å²) in [5.41, 5.74) is 1.34. The molecule has 0 N–H and O–H groups in total. The Morgan fingerprint density at radius 2 is 2.00 bits per heavy atom. The fourth-order valence-electron chi connectivity index (χ4n) is 3.27. The summed E-state index contributed by atoms with van der Waals surface area (Å²) in [5.74, 6) is 0.659. The molecule has 114 valence electrons. The van der Waals surface area contributed by atoms with Gasteiger partial charge < -0.3 is 9.64 Å². The summed E-state index contributed by atoms with van der Waals surface area (Å²) in [5, 5.41) is 0. The number of nitrogens with zero attached hydrogens (tertiary/aromatic N) is 1. The SMILES string of the molecule is CC1CN(C(=O)C2CCC2)CC(CCc2ccccc2)O1. The highest BCUT2D eigenvalue weighted by atomic mass is 16.5. The highest BCUT2D eigenvalue weighted by molar-refractivity contribution is 5.79. The minimum absolute atomic E-state index is 0.156. The standard InChI is InChI=1S/C18H25NO2/c1-14-12-19(18(20)16-8-5-9-16)13-17(21-14)11-10-15-6-3-2-4-7-15/h2-4,6-7,14,16-17H,5,8-13H2,1H3. The molecular weight excluding hydrogens is 262 g/mol. The molecule has 1 saturated heterocycles. The summed E-state index contributed by atoms with van der Waals surface area (Å²) in [6, 6.07) is 10.5. The second-order valence-corrected chi connectivity index (χ2v) is 6.46. The number of ether oxygens (including phenoxy) is 1. The zero-order valence-corrected chi connectivity index (χ0v) is 12.8. The van der Waals surface area contributed by atoms with E-state index >= 15 is 0 Å². The highest BCUT2D eigenvalue weighted by Gasteiger charge is 2.34. The largest absolute Gasteiger partial charge is 0.372 e. The van der Waals surface area contributed by atoms with E-state index in [-0.39, 0.29) is 12.2 Å². The second kappa shape index (κ2) is 6.61. The average Bonchev–Trinajstić information content (AvgIpc) is 2.44. The normalized spacial score (nSPS) is 26.4. The van der Waals surface area contributed by atoms with Crippen molar-refractivity contribution in [1.82, 2.24) is 4.90 Å². The third-order valence-electron chi connectivity index (χ3n) is 4.69. The Hall–Kier alpha value is -1.35. The number of rotatable bonds is 4. The van der Waals surface area contributed by atoms with E-state index in [1.807, 2.05) is 11.0 Å². The zero-order valence-electron chi connectivity index (χ0n) is 12.8. The maximum atomic E-state index is 12.4. The van der Waals surface area contributed by atoms with Crippen LogP contribution in [0.5, 0.6) is 0 Å². The Balaban J connectivity index is 1.54. The molecule has 0 bridgehead atoms. The van der Waals surface area contributed by atoms with Gasteiger partial charge in [0.15, 0.2) is 0 Å². The van der Waals surface area contributed by atoms with Crippen molar-refractivity contribution in [2.75, 3.05) is 13.1 Å². The smallest absolute Gasteiger partial charge is 0.225 e. The van der Waals surface area contributed by atoms with E-state index < -0.39 is 0 Å². The molecule has 2 fully saturated rings. The molecular formula is C18H25NO2. The van der Waals surface area contributed by atoms with Crippen molar-refractivity contribution in [2.45, 2.75) is 51.2 Å². The van der Waals surface area contributed by atoms with Crippen LogP contribution < -0.4 is 0 Å². The van der Waals surface area contributed by atoms with Gasteiger partial charge in [-0.2, -0.15) is 0 Å². The molecule has 0 spiro atoms. The quantitative estimate of drug-likeness (QED) is 0.852. The van der Waals surface area contributed by atoms with E-state index in [2.05, 4.69) is 31.2 Å². The summed E-state index contributed by atoms with van der Waals surface area (Å²) in [6.45, 7) is 3.61. The monoisotopic (exact) mass is 287 g/mol. The van der Waals surface area contributed by atoms with E-state index in [0.29, 0.717) is 11.8 Å². The van der Waals surface area contributed by atoms with Crippen molar-refractivity contribution < 1.29 is 9.53 Å². The molecule has 2 atom stereocenters. The van der Waals surface area contributed by atoms with Crippen LogP contribution in [0.15, 0.2) is 30.3 Å². The molecule has 1 heterocycles. The summed E-state index contributed by atoms with van der Waals surface area (Å²) >= 11 is 0. The Morgan fingerprint density at radius 1 is 1.24 bits per heavy atom. The highest BCUT2D eigenvalue weighted by Crippen LogP contribution is 2.29. The van der Waals surface area contributed by atoms with E-state index in [1.54, 1.807) is 0 Å². The molecule has 21 heavy (non-hydrogen) atoms. The molecule has 1 aromatic rings. The minimum Gasteiger partial charge on any atom is -0.372 e. The number of carbonyl (C=O) groups excluding carboxylic acids is 1. The first-order chi connectivity index (χ1) is 10.2. The van der Waals surface area contributed by atoms with E-state index in [1.165, 1.54) is 12.0 Å². The van der Waals surface area contributed by atoms with Gasteiger partial charge in [0.1, 0.15) is 0 Å². The Labute approximate surface area is 127 Å². The lowest BCUT2D eigenvalue weighted by Crippen LogP contribution is -2.51. The van der Waals surface area contributed by atoms with Gasteiger partial charge in [-0.1, -0.05) is 36.8 Å². The summed E-state index contributed by atoms with van der Waals surface area (Å²) in [4.78, 5) is 14.5. The first-order valence-corrected chi connectivity index (χ1v) is 8.20. The van der Waals surface area contributed by atoms with Crippen molar-refractivity contribution in [3.63, 3.8) is 0 Å². The van der Waals surface area contributed by atoms with Gasteiger partial charge >= 0.3 is 0 Å². The van der Waals surface area contributed by atoms with Crippen LogP contribution >= 0.6 is 0 Å². The van der Waals surface area contributed by atoms with Gasteiger partial charge in [0.05, 0.1) is 12.2 Å². The van der Waals surface area contributed by atoms with Crippen LogP contribution in [0.1, 0.15) is 38.2 Å². The summed E-state index contributed by atoms with van der Waals surface area (Å²) in [7, 11) is 0. The van der Waals surface area contributed by atoms with Gasteiger partial charge in [-0.15, -0.1) is 0 Å².